The summed E-state index contributed by atoms with van der Waals surface area (Å²) in [5.74, 6) is -1.61. The van der Waals surface area contributed by atoms with Crippen LogP contribution in [0.25, 0.3) is 16.5 Å². The van der Waals surface area contributed by atoms with Crippen molar-refractivity contribution < 1.29 is 14.7 Å². The number of rotatable bonds is 3. The first-order valence-electron chi connectivity index (χ1n) is 10.7. The fourth-order valence-electron chi connectivity index (χ4n) is 4.37. The van der Waals surface area contributed by atoms with Gasteiger partial charge < -0.3 is 5.11 Å². The third kappa shape index (κ3) is 3.48. The Morgan fingerprint density at radius 3 is 2.39 bits per heavy atom. The van der Waals surface area contributed by atoms with Crippen LogP contribution in [0.2, 0.25) is 0 Å². The van der Waals surface area contributed by atoms with Crippen LogP contribution in [0.3, 0.4) is 0 Å². The van der Waals surface area contributed by atoms with Gasteiger partial charge in [0.25, 0.3) is 11.7 Å². The van der Waals surface area contributed by atoms with Crippen molar-refractivity contribution in [1.29, 1.82) is 0 Å². The van der Waals surface area contributed by atoms with Crippen molar-refractivity contribution in [3.63, 3.8) is 0 Å². The van der Waals surface area contributed by atoms with E-state index in [1.165, 1.54) is 4.90 Å². The van der Waals surface area contributed by atoms with Crippen molar-refractivity contribution >= 4 is 33.9 Å². The van der Waals surface area contributed by atoms with Gasteiger partial charge in [0.15, 0.2) is 0 Å². The Kier molecular flexibility index (Phi) is 5.02. The zero-order valence-electron chi connectivity index (χ0n) is 18.3. The molecule has 0 bridgehead atoms. The normalized spacial score (nSPS) is 17.6. The first-order chi connectivity index (χ1) is 16.0. The van der Waals surface area contributed by atoms with Crippen LogP contribution >= 0.6 is 0 Å². The molecule has 1 aliphatic rings. The van der Waals surface area contributed by atoms with E-state index in [4.69, 9.17) is 0 Å². The maximum absolute atomic E-state index is 13.3. The molecule has 1 fully saturated rings. The van der Waals surface area contributed by atoms with E-state index in [0.717, 1.165) is 21.9 Å². The number of aromatic nitrogens is 1. The third-order valence-corrected chi connectivity index (χ3v) is 6.06. The molecule has 1 saturated heterocycles. The van der Waals surface area contributed by atoms with Crippen LogP contribution in [-0.2, 0) is 9.59 Å². The van der Waals surface area contributed by atoms with E-state index in [0.29, 0.717) is 16.9 Å². The lowest BCUT2D eigenvalue weighted by molar-refractivity contribution is -0.132. The van der Waals surface area contributed by atoms with Crippen LogP contribution in [0.4, 0.5) is 5.69 Å². The predicted molar refractivity (Wildman–Crippen MR) is 129 cm³/mol. The molecule has 4 aromatic rings. The molecule has 1 atom stereocenters. The van der Waals surface area contributed by atoms with Gasteiger partial charge in [0, 0.05) is 17.4 Å². The van der Waals surface area contributed by atoms with Gasteiger partial charge in [0.05, 0.1) is 11.3 Å². The number of benzene rings is 3. The second-order valence-corrected chi connectivity index (χ2v) is 8.28. The smallest absolute Gasteiger partial charge is 0.300 e. The number of aliphatic hydroxyl groups is 1. The van der Waals surface area contributed by atoms with Crippen molar-refractivity contribution in [2.75, 3.05) is 4.90 Å². The van der Waals surface area contributed by atoms with Gasteiger partial charge in [-0.3, -0.25) is 19.5 Å². The monoisotopic (exact) mass is 434 g/mol. The maximum atomic E-state index is 13.3. The van der Waals surface area contributed by atoms with Gasteiger partial charge >= 0.3 is 0 Å². The Hall–Kier alpha value is -4.25. The van der Waals surface area contributed by atoms with Gasteiger partial charge in [-0.05, 0) is 60.0 Å². The molecule has 1 unspecified atom stereocenters. The van der Waals surface area contributed by atoms with Crippen LogP contribution in [0.15, 0.2) is 90.6 Å². The lowest BCUT2D eigenvalue weighted by Gasteiger charge is -2.26. The molecule has 33 heavy (non-hydrogen) atoms. The summed E-state index contributed by atoms with van der Waals surface area (Å²) < 4.78 is 0. The highest BCUT2D eigenvalue weighted by Gasteiger charge is 2.48. The Balaban J connectivity index is 1.75. The summed E-state index contributed by atoms with van der Waals surface area (Å²) in [6.45, 7) is 3.83. The zero-order valence-corrected chi connectivity index (χ0v) is 18.3. The maximum Gasteiger partial charge on any atom is 0.300 e. The molecule has 1 amide bonds. The molecule has 3 aromatic carbocycles. The Labute approximate surface area is 191 Å². The van der Waals surface area contributed by atoms with Crippen LogP contribution in [0, 0.1) is 13.8 Å². The summed E-state index contributed by atoms with van der Waals surface area (Å²) in [6, 6.07) is 23.5. The Bertz CT molecular complexity index is 1440. The SMILES string of the molecule is Cc1ccc(C)c(N2C(=O)C(=O)/C(=C(\O)c3ccc4ccccc4c3)C2c2ccccn2)c1. The number of ketones is 1. The number of amides is 1. The number of pyridine rings is 1. The average Bonchev–Trinajstić information content (AvgIpc) is 3.10. The van der Waals surface area contributed by atoms with E-state index in [-0.39, 0.29) is 11.3 Å². The molecular weight excluding hydrogens is 412 g/mol. The highest BCUT2D eigenvalue weighted by Crippen LogP contribution is 2.42. The second-order valence-electron chi connectivity index (χ2n) is 8.28. The lowest BCUT2D eigenvalue weighted by Crippen LogP contribution is -2.30. The summed E-state index contributed by atoms with van der Waals surface area (Å²) in [5, 5.41) is 13.3. The quantitative estimate of drug-likeness (QED) is 0.263. The van der Waals surface area contributed by atoms with E-state index < -0.39 is 17.7 Å². The fourth-order valence-corrected chi connectivity index (χ4v) is 4.37. The van der Waals surface area contributed by atoms with Crippen molar-refractivity contribution in [3.8, 4) is 0 Å². The summed E-state index contributed by atoms with van der Waals surface area (Å²) in [7, 11) is 0. The Morgan fingerprint density at radius 1 is 0.879 bits per heavy atom. The molecule has 5 nitrogen and oxygen atoms in total. The number of fused-ring (bicyclic) bond motifs is 1. The molecule has 0 aliphatic carbocycles. The first-order valence-corrected chi connectivity index (χ1v) is 10.7. The van der Waals surface area contributed by atoms with E-state index in [1.807, 2.05) is 74.5 Å². The number of nitrogens with zero attached hydrogens (tertiary/aromatic N) is 2. The third-order valence-electron chi connectivity index (χ3n) is 6.06. The molecule has 5 rings (SSSR count). The first kappa shape index (κ1) is 20.6. The highest BCUT2D eigenvalue weighted by atomic mass is 16.3. The van der Waals surface area contributed by atoms with Crippen LogP contribution in [0.5, 0.6) is 0 Å². The van der Waals surface area contributed by atoms with Gasteiger partial charge in [-0.1, -0.05) is 54.6 Å². The highest BCUT2D eigenvalue weighted by molar-refractivity contribution is 6.51. The van der Waals surface area contributed by atoms with Crippen LogP contribution in [-0.4, -0.2) is 21.8 Å². The number of anilines is 1. The van der Waals surface area contributed by atoms with E-state index in [2.05, 4.69) is 4.98 Å². The summed E-state index contributed by atoms with van der Waals surface area (Å²) in [5.41, 5.74) is 3.48. The molecule has 0 radical (unpaired) electrons. The minimum absolute atomic E-state index is 0.0369. The van der Waals surface area contributed by atoms with Crippen molar-refractivity contribution in [3.05, 3.63) is 113 Å². The van der Waals surface area contributed by atoms with E-state index >= 15 is 0 Å². The zero-order chi connectivity index (χ0) is 23.1. The summed E-state index contributed by atoms with van der Waals surface area (Å²) in [4.78, 5) is 32.5. The predicted octanol–water partition coefficient (Wildman–Crippen LogP) is 5.48. The average molecular weight is 434 g/mol. The lowest BCUT2D eigenvalue weighted by atomic mass is 9.96. The minimum atomic E-state index is -0.835. The number of hydrogen-bond donors (Lipinski definition) is 1. The molecule has 2 heterocycles. The van der Waals surface area contributed by atoms with E-state index in [9.17, 15) is 14.7 Å². The number of carbonyl (C=O) groups is 2. The van der Waals surface area contributed by atoms with Crippen LogP contribution in [0.1, 0.15) is 28.4 Å². The van der Waals surface area contributed by atoms with Crippen molar-refractivity contribution in [2.45, 2.75) is 19.9 Å². The Morgan fingerprint density at radius 2 is 1.64 bits per heavy atom. The van der Waals surface area contributed by atoms with E-state index in [1.54, 1.807) is 24.4 Å². The molecule has 162 valence electrons. The standard InChI is InChI=1S/C28H22N2O3/c1-17-10-11-18(2)23(15-17)30-25(22-9-5-6-14-29-22)24(27(32)28(30)33)26(31)21-13-12-19-7-3-4-8-20(19)16-21/h3-16,25,31H,1-2H3/b26-24-. The van der Waals surface area contributed by atoms with Gasteiger partial charge in [0.1, 0.15) is 11.8 Å². The topological polar surface area (TPSA) is 70.5 Å². The number of carbonyl (C=O) groups excluding carboxylic acids is 2. The number of aryl methyl sites for hydroxylation is 2. The summed E-state index contributed by atoms with van der Waals surface area (Å²) >= 11 is 0. The van der Waals surface area contributed by atoms with Gasteiger partial charge in [-0.15, -0.1) is 0 Å². The second kappa shape index (κ2) is 8.02. The van der Waals surface area contributed by atoms with Gasteiger partial charge in [0.2, 0.25) is 0 Å². The molecule has 0 spiro atoms. The summed E-state index contributed by atoms with van der Waals surface area (Å²) in [6.07, 6.45) is 1.62. The molecular formula is C28H22N2O3. The molecule has 0 saturated carbocycles. The number of hydrogen-bond acceptors (Lipinski definition) is 4. The molecule has 1 aromatic heterocycles. The largest absolute Gasteiger partial charge is 0.507 e. The van der Waals surface area contributed by atoms with Gasteiger partial charge in [-0.25, -0.2) is 0 Å². The van der Waals surface area contributed by atoms with Crippen molar-refractivity contribution in [1.82, 2.24) is 4.98 Å². The molecule has 1 aliphatic heterocycles. The minimum Gasteiger partial charge on any atom is -0.507 e. The fraction of sp³-hybridized carbons (Fsp3) is 0.107. The number of aliphatic hydroxyl groups excluding tert-OH is 1. The van der Waals surface area contributed by atoms with Crippen molar-refractivity contribution in [2.24, 2.45) is 0 Å². The number of Topliss-reactive ketones (excluding diaryl/α,β-unsaturated/α-hetero) is 1. The molecule has 1 N–H and O–H groups in total. The van der Waals surface area contributed by atoms with Gasteiger partial charge in [-0.2, -0.15) is 0 Å². The molecule has 5 heteroatoms. The van der Waals surface area contributed by atoms with Crippen LogP contribution < -0.4 is 4.90 Å².